The van der Waals surface area contributed by atoms with Gasteiger partial charge in [0.15, 0.2) is 0 Å². The van der Waals surface area contributed by atoms with Gasteiger partial charge in [0.25, 0.3) is 15.9 Å². The van der Waals surface area contributed by atoms with E-state index in [-0.39, 0.29) is 15.8 Å². The number of anilines is 2. The van der Waals surface area contributed by atoms with Crippen LogP contribution in [0.3, 0.4) is 0 Å². The van der Waals surface area contributed by atoms with Gasteiger partial charge in [0, 0.05) is 23.5 Å². The van der Waals surface area contributed by atoms with Gasteiger partial charge >= 0.3 is 0 Å². The number of amides is 1. The Morgan fingerprint density at radius 3 is 2.53 bits per heavy atom. The average molecular weight is 485 g/mol. The first-order valence-electron chi connectivity index (χ1n) is 10.4. The maximum atomic E-state index is 13.5. The quantitative estimate of drug-likeness (QED) is 0.510. The van der Waals surface area contributed by atoms with Crippen LogP contribution in [0.2, 0.25) is 5.02 Å². The van der Waals surface area contributed by atoms with Gasteiger partial charge in [-0.1, -0.05) is 41.9 Å². The molecule has 3 aromatic rings. The van der Waals surface area contributed by atoms with E-state index < -0.39 is 10.0 Å². The molecule has 8 heteroatoms. The van der Waals surface area contributed by atoms with Crippen LogP contribution in [-0.2, 0) is 16.4 Å². The molecule has 2 aliphatic rings. The molecule has 0 fully saturated rings. The summed E-state index contributed by atoms with van der Waals surface area (Å²) in [5, 5.41) is 0.109. The zero-order valence-electron chi connectivity index (χ0n) is 17.2. The maximum absolute atomic E-state index is 13.5. The number of nitrogens with zero attached hydrogens (tertiary/aromatic N) is 2. The van der Waals surface area contributed by atoms with E-state index in [1.807, 2.05) is 42.5 Å². The van der Waals surface area contributed by atoms with E-state index in [2.05, 4.69) is 0 Å². The lowest BCUT2D eigenvalue weighted by atomic mass is 10.1. The van der Waals surface area contributed by atoms with Crippen molar-refractivity contribution in [1.82, 2.24) is 0 Å². The van der Waals surface area contributed by atoms with Crippen LogP contribution in [0.25, 0.3) is 0 Å². The summed E-state index contributed by atoms with van der Waals surface area (Å²) in [4.78, 5) is 16.2. The van der Waals surface area contributed by atoms with Crippen LogP contribution in [0.15, 0.2) is 76.5 Å². The fourth-order valence-electron chi connectivity index (χ4n) is 4.20. The summed E-state index contributed by atoms with van der Waals surface area (Å²) in [7, 11) is -3.91. The molecule has 32 heavy (non-hydrogen) atoms. The van der Waals surface area contributed by atoms with E-state index in [1.165, 1.54) is 16.4 Å². The Kier molecular flexibility index (Phi) is 5.65. The highest BCUT2D eigenvalue weighted by molar-refractivity contribution is 7.99. The molecule has 0 unspecified atom stereocenters. The van der Waals surface area contributed by atoms with E-state index in [1.54, 1.807) is 28.8 Å². The molecule has 5 nitrogen and oxygen atoms in total. The molecule has 0 atom stereocenters. The Labute approximate surface area is 197 Å². The van der Waals surface area contributed by atoms with Crippen molar-refractivity contribution >= 4 is 50.7 Å². The van der Waals surface area contributed by atoms with E-state index in [9.17, 15) is 13.2 Å². The molecule has 0 N–H and O–H groups in total. The Balaban J connectivity index is 1.53. The minimum absolute atomic E-state index is 0.0424. The number of para-hydroxylation sites is 2. The third-order valence-electron chi connectivity index (χ3n) is 5.78. The molecule has 5 rings (SSSR count). The lowest BCUT2D eigenvalue weighted by Crippen LogP contribution is -2.33. The number of sulfonamides is 1. The number of halogens is 1. The van der Waals surface area contributed by atoms with Gasteiger partial charge in [-0.3, -0.25) is 9.10 Å². The Bertz CT molecular complexity index is 1310. The van der Waals surface area contributed by atoms with E-state index >= 15 is 0 Å². The van der Waals surface area contributed by atoms with Crippen molar-refractivity contribution in [2.24, 2.45) is 0 Å². The second-order valence-electron chi connectivity index (χ2n) is 7.73. The van der Waals surface area contributed by atoms with Gasteiger partial charge in [-0.2, -0.15) is 0 Å². The van der Waals surface area contributed by atoms with Crippen LogP contribution in [-0.4, -0.2) is 33.2 Å². The number of carbonyl (C=O) groups excluding carboxylic acids is 1. The molecule has 0 spiro atoms. The first-order valence-corrected chi connectivity index (χ1v) is 13.2. The minimum Gasteiger partial charge on any atom is -0.307 e. The van der Waals surface area contributed by atoms with E-state index in [0.717, 1.165) is 28.3 Å². The smallest absolute Gasteiger partial charge is 0.265 e. The number of hydrogen-bond acceptors (Lipinski definition) is 4. The maximum Gasteiger partial charge on any atom is 0.265 e. The lowest BCUT2D eigenvalue weighted by molar-refractivity contribution is 0.0986. The molecule has 0 aromatic heterocycles. The summed E-state index contributed by atoms with van der Waals surface area (Å²) in [6.07, 6.45) is 1.50. The molecule has 1 amide bonds. The highest BCUT2D eigenvalue weighted by Crippen LogP contribution is 2.37. The second-order valence-corrected chi connectivity index (χ2v) is 11.1. The van der Waals surface area contributed by atoms with Crippen molar-refractivity contribution in [3.63, 3.8) is 0 Å². The predicted molar refractivity (Wildman–Crippen MR) is 130 cm³/mol. The second kappa shape index (κ2) is 8.46. The van der Waals surface area contributed by atoms with E-state index in [4.69, 9.17) is 11.6 Å². The number of thioether (sulfide) groups is 1. The molecule has 2 heterocycles. The highest BCUT2D eigenvalue weighted by Gasteiger charge is 2.33. The predicted octanol–water partition coefficient (Wildman–Crippen LogP) is 5.23. The number of hydrogen-bond donors (Lipinski definition) is 0. The van der Waals surface area contributed by atoms with Crippen LogP contribution < -0.4 is 9.21 Å². The molecule has 0 bridgehead atoms. The topological polar surface area (TPSA) is 57.7 Å². The molecule has 0 aliphatic carbocycles. The summed E-state index contributed by atoms with van der Waals surface area (Å²) in [5.74, 6) is 0.699. The van der Waals surface area contributed by atoms with Crippen molar-refractivity contribution in [3.8, 4) is 0 Å². The Morgan fingerprint density at radius 1 is 0.938 bits per heavy atom. The van der Waals surface area contributed by atoms with Gasteiger partial charge in [-0.25, -0.2) is 8.42 Å². The lowest BCUT2D eigenvalue weighted by Gasteiger charge is -2.24. The monoisotopic (exact) mass is 484 g/mol. The summed E-state index contributed by atoms with van der Waals surface area (Å²) in [5.41, 5.74) is 2.81. The molecule has 0 radical (unpaired) electrons. The molecule has 0 saturated heterocycles. The minimum atomic E-state index is -3.91. The van der Waals surface area contributed by atoms with Crippen LogP contribution >= 0.6 is 23.4 Å². The van der Waals surface area contributed by atoms with Gasteiger partial charge in [0.2, 0.25) is 0 Å². The van der Waals surface area contributed by atoms with Gasteiger partial charge in [0.05, 0.1) is 16.4 Å². The highest BCUT2D eigenvalue weighted by atomic mass is 35.5. The first kappa shape index (κ1) is 21.4. The molecule has 164 valence electrons. The van der Waals surface area contributed by atoms with Crippen molar-refractivity contribution in [2.75, 3.05) is 28.0 Å². The van der Waals surface area contributed by atoms with Gasteiger partial charge < -0.3 is 4.90 Å². The van der Waals surface area contributed by atoms with Crippen LogP contribution in [0.5, 0.6) is 0 Å². The largest absolute Gasteiger partial charge is 0.307 e. The number of rotatable bonds is 3. The Hall–Kier alpha value is -2.48. The van der Waals surface area contributed by atoms with Gasteiger partial charge in [-0.05, 0) is 60.6 Å². The van der Waals surface area contributed by atoms with Gasteiger partial charge in [0.1, 0.15) is 4.90 Å². The average Bonchev–Trinajstić information content (AvgIpc) is 3.13. The Morgan fingerprint density at radius 2 is 1.69 bits per heavy atom. The summed E-state index contributed by atoms with van der Waals surface area (Å²) >= 11 is 8.08. The molecule has 0 saturated carbocycles. The third-order valence-corrected chi connectivity index (χ3v) is 9.22. The summed E-state index contributed by atoms with van der Waals surface area (Å²) in [6.45, 7) is 0.931. The first-order chi connectivity index (χ1) is 15.5. The van der Waals surface area contributed by atoms with Crippen LogP contribution in [0.4, 0.5) is 11.4 Å². The number of carbonyl (C=O) groups is 1. The third kappa shape index (κ3) is 3.68. The summed E-state index contributed by atoms with van der Waals surface area (Å²) in [6, 6.07) is 19.8. The molecule has 3 aromatic carbocycles. The van der Waals surface area contributed by atoms with Gasteiger partial charge in [-0.15, -0.1) is 11.8 Å². The summed E-state index contributed by atoms with van der Waals surface area (Å²) < 4.78 is 28.5. The fraction of sp³-hybridized carbons (Fsp3) is 0.208. The SMILES string of the molecule is O=C(c1ccc(Cl)c(S(=O)(=O)N2CCc3ccccc32)c1)N1CCCSc2ccccc21. The zero-order valence-corrected chi connectivity index (χ0v) is 19.6. The fourth-order valence-corrected chi connectivity index (χ4v) is 7.21. The van der Waals surface area contributed by atoms with Crippen LogP contribution in [0, 0.1) is 0 Å². The zero-order chi connectivity index (χ0) is 22.3. The van der Waals surface area contributed by atoms with Crippen molar-refractivity contribution in [1.29, 1.82) is 0 Å². The molecular formula is C24H21ClN2O3S2. The van der Waals surface area contributed by atoms with Crippen molar-refractivity contribution in [3.05, 3.63) is 82.9 Å². The standard InChI is InChI=1S/C24H21ClN2O3S2/c25-19-11-10-18(24(28)26-13-5-15-31-22-9-4-3-8-21(22)26)16-23(19)32(29,30)27-14-12-17-6-1-2-7-20(17)27/h1-4,6-11,16H,5,12-15H2. The normalized spacial score (nSPS) is 15.8. The molecule has 2 aliphatic heterocycles. The van der Waals surface area contributed by atoms with Crippen LogP contribution in [0.1, 0.15) is 22.3 Å². The van der Waals surface area contributed by atoms with E-state index in [0.29, 0.717) is 30.8 Å². The van der Waals surface area contributed by atoms with Crippen molar-refractivity contribution in [2.45, 2.75) is 22.6 Å². The molecular weight excluding hydrogens is 464 g/mol. The van der Waals surface area contributed by atoms with Crippen molar-refractivity contribution < 1.29 is 13.2 Å². The number of benzene rings is 3. The number of fused-ring (bicyclic) bond motifs is 2.